The fourth-order valence-corrected chi connectivity index (χ4v) is 2.64. The van der Waals surface area contributed by atoms with Crippen molar-refractivity contribution < 1.29 is 0 Å². The van der Waals surface area contributed by atoms with Crippen LogP contribution < -0.4 is 0 Å². The molecule has 0 aliphatic rings. The summed E-state index contributed by atoms with van der Waals surface area (Å²) in [4.78, 5) is 0. The first kappa shape index (κ1) is 14.1. The molecule has 3 aromatic rings. The van der Waals surface area contributed by atoms with Crippen LogP contribution in [0.3, 0.4) is 0 Å². The van der Waals surface area contributed by atoms with Crippen LogP contribution in [0.1, 0.15) is 18.1 Å². The van der Waals surface area contributed by atoms with Gasteiger partial charge >= 0.3 is 0 Å². The maximum Gasteiger partial charge on any atom is 0.0991 e. The second-order valence-electron chi connectivity index (χ2n) is 5.29. The van der Waals surface area contributed by atoms with Gasteiger partial charge in [-0.05, 0) is 46.4 Å². The summed E-state index contributed by atoms with van der Waals surface area (Å²) in [6.07, 6.45) is 1.04. The number of rotatable bonds is 3. The molecule has 0 fully saturated rings. The van der Waals surface area contributed by atoms with Gasteiger partial charge in [0.15, 0.2) is 0 Å². The standard InChI is InChI=1S/C21H17N/c1-2-16-8-11-19(12-9-16)20-13-10-17(15-22)14-21(20)18-6-4-3-5-7-18/h3-14H,2H2,1H3. The Kier molecular flexibility index (Phi) is 4.03. The number of nitrogens with zero attached hydrogens (tertiary/aromatic N) is 1. The maximum absolute atomic E-state index is 9.19. The molecule has 1 heteroatoms. The summed E-state index contributed by atoms with van der Waals surface area (Å²) in [5.41, 5.74) is 6.60. The van der Waals surface area contributed by atoms with Crippen molar-refractivity contribution in [1.29, 1.82) is 5.26 Å². The Balaban J connectivity index is 2.16. The van der Waals surface area contributed by atoms with Gasteiger partial charge in [0.2, 0.25) is 0 Å². The highest BCUT2D eigenvalue weighted by atomic mass is 14.2. The Labute approximate surface area is 131 Å². The average Bonchev–Trinajstić information content (AvgIpc) is 2.62. The summed E-state index contributed by atoms with van der Waals surface area (Å²) in [6, 6.07) is 27.0. The number of benzene rings is 3. The highest BCUT2D eigenvalue weighted by Gasteiger charge is 2.08. The van der Waals surface area contributed by atoms with Gasteiger partial charge in [-0.2, -0.15) is 5.26 Å². The summed E-state index contributed by atoms with van der Waals surface area (Å²) in [6.45, 7) is 2.16. The van der Waals surface area contributed by atoms with Crippen LogP contribution in [0.15, 0.2) is 72.8 Å². The molecule has 0 amide bonds. The number of aryl methyl sites for hydroxylation is 1. The van der Waals surface area contributed by atoms with Gasteiger partial charge in [-0.1, -0.05) is 67.6 Å². The molecule has 0 saturated heterocycles. The molecular formula is C21H17N. The molecule has 0 saturated carbocycles. The lowest BCUT2D eigenvalue weighted by Gasteiger charge is -2.11. The third-order valence-corrected chi connectivity index (χ3v) is 3.91. The van der Waals surface area contributed by atoms with Crippen molar-refractivity contribution in [1.82, 2.24) is 0 Å². The van der Waals surface area contributed by atoms with Gasteiger partial charge in [0, 0.05) is 0 Å². The van der Waals surface area contributed by atoms with Crippen molar-refractivity contribution in [3.05, 3.63) is 83.9 Å². The molecule has 1 nitrogen and oxygen atoms in total. The molecule has 0 radical (unpaired) electrons. The zero-order valence-corrected chi connectivity index (χ0v) is 12.6. The van der Waals surface area contributed by atoms with E-state index in [1.165, 1.54) is 11.1 Å². The SMILES string of the molecule is CCc1ccc(-c2ccc(C#N)cc2-c2ccccc2)cc1. The van der Waals surface area contributed by atoms with Crippen LogP contribution in [0.4, 0.5) is 0 Å². The summed E-state index contributed by atoms with van der Waals surface area (Å²) >= 11 is 0. The predicted molar refractivity (Wildman–Crippen MR) is 91.4 cm³/mol. The van der Waals surface area contributed by atoms with E-state index in [0.717, 1.165) is 23.1 Å². The molecule has 0 spiro atoms. The van der Waals surface area contributed by atoms with E-state index in [1.54, 1.807) is 0 Å². The van der Waals surface area contributed by atoms with E-state index in [1.807, 2.05) is 36.4 Å². The van der Waals surface area contributed by atoms with E-state index in [2.05, 4.69) is 49.4 Å². The lowest BCUT2D eigenvalue weighted by atomic mass is 9.92. The molecule has 0 heterocycles. The molecule has 3 aromatic carbocycles. The quantitative estimate of drug-likeness (QED) is 0.626. The minimum Gasteiger partial charge on any atom is -0.192 e. The molecule has 3 rings (SSSR count). The van der Waals surface area contributed by atoms with Crippen molar-refractivity contribution in [3.8, 4) is 28.3 Å². The fourth-order valence-electron chi connectivity index (χ4n) is 2.64. The number of nitriles is 1. The van der Waals surface area contributed by atoms with E-state index in [4.69, 9.17) is 0 Å². The molecule has 106 valence electrons. The second-order valence-corrected chi connectivity index (χ2v) is 5.29. The third-order valence-electron chi connectivity index (χ3n) is 3.91. The van der Waals surface area contributed by atoms with Crippen molar-refractivity contribution in [2.45, 2.75) is 13.3 Å². The molecule has 0 aliphatic heterocycles. The lowest BCUT2D eigenvalue weighted by molar-refractivity contribution is 1.14. The van der Waals surface area contributed by atoms with Gasteiger partial charge < -0.3 is 0 Å². The van der Waals surface area contributed by atoms with Crippen LogP contribution in [0, 0.1) is 11.3 Å². The zero-order chi connectivity index (χ0) is 15.4. The van der Waals surface area contributed by atoms with Gasteiger partial charge in [0.25, 0.3) is 0 Å². The van der Waals surface area contributed by atoms with E-state index in [-0.39, 0.29) is 0 Å². The molecular weight excluding hydrogens is 266 g/mol. The first-order valence-electron chi connectivity index (χ1n) is 7.50. The first-order valence-corrected chi connectivity index (χ1v) is 7.50. The smallest absolute Gasteiger partial charge is 0.0991 e. The van der Waals surface area contributed by atoms with E-state index < -0.39 is 0 Å². The number of hydrogen-bond acceptors (Lipinski definition) is 1. The average molecular weight is 283 g/mol. The first-order chi connectivity index (χ1) is 10.8. The Hall–Kier alpha value is -2.85. The van der Waals surface area contributed by atoms with Crippen LogP contribution in [0.2, 0.25) is 0 Å². The monoisotopic (exact) mass is 283 g/mol. The number of hydrogen-bond donors (Lipinski definition) is 0. The van der Waals surface area contributed by atoms with E-state index in [0.29, 0.717) is 5.56 Å². The summed E-state index contributed by atoms with van der Waals surface area (Å²) in [5.74, 6) is 0. The fraction of sp³-hybridized carbons (Fsp3) is 0.0952. The second kappa shape index (κ2) is 6.28. The van der Waals surface area contributed by atoms with Crippen LogP contribution in [-0.2, 0) is 6.42 Å². The van der Waals surface area contributed by atoms with Gasteiger partial charge in [-0.3, -0.25) is 0 Å². The molecule has 0 aromatic heterocycles. The van der Waals surface area contributed by atoms with Crippen molar-refractivity contribution in [2.24, 2.45) is 0 Å². The van der Waals surface area contributed by atoms with Crippen LogP contribution in [0.5, 0.6) is 0 Å². The normalized spacial score (nSPS) is 10.2. The summed E-state index contributed by atoms with van der Waals surface area (Å²) in [5, 5.41) is 9.19. The maximum atomic E-state index is 9.19. The van der Waals surface area contributed by atoms with Gasteiger partial charge in [-0.15, -0.1) is 0 Å². The van der Waals surface area contributed by atoms with Crippen LogP contribution >= 0.6 is 0 Å². The minimum atomic E-state index is 0.688. The highest BCUT2D eigenvalue weighted by Crippen LogP contribution is 2.33. The summed E-state index contributed by atoms with van der Waals surface area (Å²) in [7, 11) is 0. The Morgan fingerprint density at radius 1 is 0.773 bits per heavy atom. The Morgan fingerprint density at radius 3 is 2.09 bits per heavy atom. The van der Waals surface area contributed by atoms with Gasteiger partial charge in [-0.25, -0.2) is 0 Å². The molecule has 22 heavy (non-hydrogen) atoms. The predicted octanol–water partition coefficient (Wildman–Crippen LogP) is 5.45. The van der Waals surface area contributed by atoms with Gasteiger partial charge in [0.05, 0.1) is 11.6 Å². The topological polar surface area (TPSA) is 23.8 Å². The van der Waals surface area contributed by atoms with Crippen molar-refractivity contribution in [2.75, 3.05) is 0 Å². The highest BCUT2D eigenvalue weighted by molar-refractivity contribution is 5.84. The minimum absolute atomic E-state index is 0.688. The van der Waals surface area contributed by atoms with E-state index >= 15 is 0 Å². The molecule has 0 unspecified atom stereocenters. The molecule has 0 atom stereocenters. The molecule has 0 aliphatic carbocycles. The van der Waals surface area contributed by atoms with Crippen molar-refractivity contribution >= 4 is 0 Å². The largest absolute Gasteiger partial charge is 0.192 e. The lowest BCUT2D eigenvalue weighted by Crippen LogP contribution is -1.88. The van der Waals surface area contributed by atoms with Crippen LogP contribution in [0.25, 0.3) is 22.3 Å². The van der Waals surface area contributed by atoms with Crippen molar-refractivity contribution in [3.63, 3.8) is 0 Å². The zero-order valence-electron chi connectivity index (χ0n) is 12.6. The third kappa shape index (κ3) is 2.77. The Bertz CT molecular complexity index is 809. The summed E-state index contributed by atoms with van der Waals surface area (Å²) < 4.78 is 0. The van der Waals surface area contributed by atoms with Gasteiger partial charge in [0.1, 0.15) is 0 Å². The molecule has 0 bridgehead atoms. The van der Waals surface area contributed by atoms with E-state index in [9.17, 15) is 5.26 Å². The van der Waals surface area contributed by atoms with Crippen LogP contribution in [-0.4, -0.2) is 0 Å². The Morgan fingerprint density at radius 2 is 1.45 bits per heavy atom. The molecule has 0 N–H and O–H groups in total.